The minimum Gasteiger partial charge on any atom is -0.491 e. The van der Waals surface area contributed by atoms with Crippen molar-refractivity contribution < 1.29 is 42.6 Å². The van der Waals surface area contributed by atoms with Crippen LogP contribution in [-0.2, 0) is 39.8 Å². The summed E-state index contributed by atoms with van der Waals surface area (Å²) in [6.45, 7) is 7.02. The Morgan fingerprint density at radius 3 is 2.00 bits per heavy atom. The Labute approximate surface area is 241 Å². The van der Waals surface area contributed by atoms with Crippen LogP contribution >= 0.6 is 0 Å². The van der Waals surface area contributed by atoms with E-state index in [1.807, 2.05) is 30.3 Å². The van der Waals surface area contributed by atoms with Crippen molar-refractivity contribution in [1.82, 2.24) is 4.98 Å². The number of esters is 1. The number of hydrogen-bond acceptors (Lipinski definition) is 9. The van der Waals surface area contributed by atoms with E-state index in [9.17, 15) is 9.59 Å². The first kappa shape index (κ1) is 32.3. The first-order valence-corrected chi connectivity index (χ1v) is 14.4. The summed E-state index contributed by atoms with van der Waals surface area (Å²) in [6, 6.07) is 14.1. The fourth-order valence-electron chi connectivity index (χ4n) is 4.30. The van der Waals surface area contributed by atoms with Gasteiger partial charge < -0.3 is 28.4 Å². The number of hydrogen-bond donors (Lipinski definition) is 0. The molecule has 0 aliphatic carbocycles. The molecule has 0 N–H and O–H groups in total. The predicted octanol–water partition coefficient (Wildman–Crippen LogP) is 3.83. The highest BCUT2D eigenvalue weighted by Gasteiger charge is 2.17. The summed E-state index contributed by atoms with van der Waals surface area (Å²) in [4.78, 5) is 28.1. The van der Waals surface area contributed by atoms with Gasteiger partial charge in [0.1, 0.15) is 17.8 Å². The van der Waals surface area contributed by atoms with Crippen molar-refractivity contribution in [2.45, 2.75) is 45.6 Å². The quantitative estimate of drug-likeness (QED) is 0.0770. The molecule has 0 radical (unpaired) electrons. The molecule has 41 heavy (non-hydrogen) atoms. The van der Waals surface area contributed by atoms with E-state index in [0.717, 1.165) is 34.4 Å². The molecule has 0 spiro atoms. The number of Topliss-reactive ketones (excluding diaryl/α,β-unsaturated/α-hetero) is 1. The molecule has 0 saturated heterocycles. The third kappa shape index (κ3) is 11.3. The van der Waals surface area contributed by atoms with Gasteiger partial charge in [-0.1, -0.05) is 18.2 Å². The molecule has 2 aromatic carbocycles. The minimum absolute atomic E-state index is 0.214. The molecule has 0 fully saturated rings. The van der Waals surface area contributed by atoms with Gasteiger partial charge in [-0.2, -0.15) is 4.57 Å². The molecule has 1 aromatic heterocycles. The molecule has 1 heterocycles. The van der Waals surface area contributed by atoms with E-state index < -0.39 is 0 Å². The van der Waals surface area contributed by atoms with E-state index >= 15 is 0 Å². The highest BCUT2D eigenvalue weighted by Crippen LogP contribution is 2.24. The van der Waals surface area contributed by atoms with Crippen LogP contribution in [0.1, 0.15) is 39.0 Å². The van der Waals surface area contributed by atoms with Crippen LogP contribution in [0.15, 0.2) is 42.5 Å². The Bertz CT molecular complexity index is 1220. The van der Waals surface area contributed by atoms with Crippen molar-refractivity contribution in [2.75, 3.05) is 66.6 Å². The molecule has 0 amide bonds. The van der Waals surface area contributed by atoms with Gasteiger partial charge in [0.15, 0.2) is 11.3 Å². The standard InChI is InChI=1S/C31H43N2O8/c1-3-33-27-12-5-4-11-26(27)32-31-28(33)13-6-14-29(31)41-17-8-10-25(34)9-7-16-37-19-21-39-23-24-40-22-20-38-18-15-30(35)36-2/h4-6,11-14H,3,7-10,15-24H2,1-2H3/q+1. The number of para-hydroxylation sites is 3. The maximum absolute atomic E-state index is 12.3. The lowest BCUT2D eigenvalue weighted by molar-refractivity contribution is -0.641. The van der Waals surface area contributed by atoms with Gasteiger partial charge in [0, 0.05) is 31.6 Å². The molecule has 0 saturated carbocycles. The third-order valence-electron chi connectivity index (χ3n) is 6.39. The van der Waals surface area contributed by atoms with Gasteiger partial charge in [0.2, 0.25) is 11.0 Å². The van der Waals surface area contributed by atoms with Crippen molar-refractivity contribution in [3.8, 4) is 5.75 Å². The van der Waals surface area contributed by atoms with E-state index in [4.69, 9.17) is 28.7 Å². The van der Waals surface area contributed by atoms with E-state index in [0.29, 0.717) is 85.1 Å². The number of methoxy groups -OCH3 is 1. The van der Waals surface area contributed by atoms with Crippen molar-refractivity contribution in [1.29, 1.82) is 0 Å². The van der Waals surface area contributed by atoms with E-state index in [-0.39, 0.29) is 18.2 Å². The Hall–Kier alpha value is -3.18. The number of fused-ring (bicyclic) bond motifs is 2. The smallest absolute Gasteiger partial charge is 0.307 e. The lowest BCUT2D eigenvalue weighted by atomic mass is 10.1. The molecule has 10 nitrogen and oxygen atoms in total. The van der Waals surface area contributed by atoms with Gasteiger partial charge >= 0.3 is 5.97 Å². The van der Waals surface area contributed by atoms with Crippen molar-refractivity contribution in [3.63, 3.8) is 0 Å². The van der Waals surface area contributed by atoms with Gasteiger partial charge in [-0.25, -0.2) is 4.98 Å². The molecule has 10 heteroatoms. The molecule has 0 aliphatic heterocycles. The zero-order valence-corrected chi connectivity index (χ0v) is 24.3. The number of nitrogens with zero attached hydrogens (tertiary/aromatic N) is 2. The number of carbonyl (C=O) groups is 2. The zero-order valence-electron chi connectivity index (χ0n) is 24.3. The summed E-state index contributed by atoms with van der Waals surface area (Å²) < 4.78 is 34.5. The lowest BCUT2D eigenvalue weighted by Gasteiger charge is -2.09. The number of aryl methyl sites for hydroxylation is 1. The number of carbonyl (C=O) groups excluding carboxylic acids is 2. The zero-order chi connectivity index (χ0) is 29.1. The van der Waals surface area contributed by atoms with Crippen molar-refractivity contribution in [3.05, 3.63) is 42.5 Å². The summed E-state index contributed by atoms with van der Waals surface area (Å²) >= 11 is 0. The first-order valence-electron chi connectivity index (χ1n) is 14.4. The Balaban J connectivity index is 1.19. The van der Waals surface area contributed by atoms with Crippen LogP contribution in [0.5, 0.6) is 5.75 Å². The summed E-state index contributed by atoms with van der Waals surface area (Å²) in [5.41, 5.74) is 3.91. The van der Waals surface area contributed by atoms with Crippen LogP contribution < -0.4 is 9.30 Å². The Morgan fingerprint density at radius 2 is 1.32 bits per heavy atom. The molecule has 0 aliphatic rings. The maximum atomic E-state index is 12.3. The van der Waals surface area contributed by atoms with Gasteiger partial charge in [0.25, 0.3) is 0 Å². The SMILES string of the molecule is CC[n+]1c2ccccc2nc2c(OCCCC(=O)CCCOCCOCCOCCOCCC(=O)OC)cccc21. The Morgan fingerprint density at radius 1 is 0.707 bits per heavy atom. The van der Waals surface area contributed by atoms with Crippen molar-refractivity contribution in [2.24, 2.45) is 0 Å². The fourth-order valence-corrected chi connectivity index (χ4v) is 4.30. The number of rotatable bonds is 22. The van der Waals surface area contributed by atoms with Gasteiger partial charge in [-0.15, -0.1) is 0 Å². The molecule has 0 bridgehead atoms. The van der Waals surface area contributed by atoms with E-state index in [1.54, 1.807) is 0 Å². The van der Waals surface area contributed by atoms with Gasteiger partial charge in [0.05, 0.1) is 66.4 Å². The fraction of sp³-hybridized carbons (Fsp3) is 0.548. The second kappa shape index (κ2) is 19.0. The molecule has 0 unspecified atom stereocenters. The minimum atomic E-state index is -0.288. The van der Waals surface area contributed by atoms with Crippen LogP contribution in [0.4, 0.5) is 0 Å². The van der Waals surface area contributed by atoms with Crippen LogP contribution in [-0.4, -0.2) is 83.3 Å². The lowest BCUT2D eigenvalue weighted by Crippen LogP contribution is -2.34. The second-order valence-corrected chi connectivity index (χ2v) is 9.34. The summed E-state index contributed by atoms with van der Waals surface area (Å²) in [6.07, 6.45) is 2.57. The normalized spacial score (nSPS) is 11.3. The largest absolute Gasteiger partial charge is 0.491 e. The predicted molar refractivity (Wildman–Crippen MR) is 154 cm³/mol. The van der Waals surface area contributed by atoms with Crippen LogP contribution in [0.25, 0.3) is 22.1 Å². The average Bonchev–Trinajstić information content (AvgIpc) is 2.99. The molecule has 224 valence electrons. The topological polar surface area (TPSA) is 106 Å². The maximum Gasteiger partial charge on any atom is 0.307 e. The van der Waals surface area contributed by atoms with Gasteiger partial charge in [-0.05, 0) is 31.9 Å². The molecule has 3 rings (SSSR count). The number of benzene rings is 2. The highest BCUT2D eigenvalue weighted by molar-refractivity contribution is 5.85. The van der Waals surface area contributed by atoms with Gasteiger partial charge in [-0.3, -0.25) is 9.59 Å². The Kier molecular flexibility index (Phi) is 15.0. The summed E-state index contributed by atoms with van der Waals surface area (Å²) in [5, 5.41) is 0. The van der Waals surface area contributed by atoms with E-state index in [2.05, 4.69) is 28.4 Å². The number of ketones is 1. The number of aromatic nitrogens is 2. The van der Waals surface area contributed by atoms with E-state index in [1.165, 1.54) is 7.11 Å². The van der Waals surface area contributed by atoms with Crippen LogP contribution in [0.2, 0.25) is 0 Å². The average molecular weight is 572 g/mol. The summed E-state index contributed by atoms with van der Waals surface area (Å²) in [7, 11) is 1.35. The highest BCUT2D eigenvalue weighted by atomic mass is 16.6. The molecule has 3 aromatic rings. The molecule has 0 atom stereocenters. The monoisotopic (exact) mass is 571 g/mol. The second-order valence-electron chi connectivity index (χ2n) is 9.34. The van der Waals surface area contributed by atoms with Crippen LogP contribution in [0.3, 0.4) is 0 Å². The third-order valence-corrected chi connectivity index (χ3v) is 6.39. The molecular weight excluding hydrogens is 528 g/mol. The first-order chi connectivity index (χ1) is 20.1. The van der Waals surface area contributed by atoms with Crippen molar-refractivity contribution >= 4 is 33.8 Å². The van der Waals surface area contributed by atoms with Crippen LogP contribution in [0, 0.1) is 0 Å². The summed E-state index contributed by atoms with van der Waals surface area (Å²) in [5.74, 6) is 0.668. The molecular formula is C31H43N2O8+. The number of ether oxygens (including phenoxy) is 6.